The van der Waals surface area contributed by atoms with Crippen LogP contribution in [0.1, 0.15) is 43.0 Å². The van der Waals surface area contributed by atoms with Gasteiger partial charge >= 0.3 is 5.97 Å². The van der Waals surface area contributed by atoms with Gasteiger partial charge in [0.2, 0.25) is 0 Å². The Bertz CT molecular complexity index is 1750. The van der Waals surface area contributed by atoms with E-state index in [1.807, 2.05) is 67.6 Å². The number of carbonyl (C=O) groups is 4. The van der Waals surface area contributed by atoms with Gasteiger partial charge in [0.15, 0.2) is 10.4 Å². The molecule has 44 heavy (non-hydrogen) atoms. The largest absolute Gasteiger partial charge is 0.448 e. The molecule has 9 nitrogen and oxygen atoms in total. The van der Waals surface area contributed by atoms with Crippen molar-refractivity contribution in [3.8, 4) is 0 Å². The molecule has 2 atom stereocenters. The molecule has 0 bridgehead atoms. The first-order valence-electron chi connectivity index (χ1n) is 13.8. The van der Waals surface area contributed by atoms with Crippen molar-refractivity contribution in [1.29, 1.82) is 0 Å². The molecule has 3 aromatic carbocycles. The molecule has 1 saturated heterocycles. The minimum Gasteiger partial charge on any atom is -0.448 e. The summed E-state index contributed by atoms with van der Waals surface area (Å²) in [5.41, 5.74) is 2.98. The van der Waals surface area contributed by atoms with Crippen LogP contribution in [-0.2, 0) is 14.3 Å². The molecule has 3 aliphatic rings. The number of thioether (sulfide) groups is 2. The molecule has 0 aliphatic carbocycles. The van der Waals surface area contributed by atoms with Crippen molar-refractivity contribution in [2.45, 2.75) is 28.8 Å². The molecule has 4 aromatic rings. The van der Waals surface area contributed by atoms with Gasteiger partial charge in [0, 0.05) is 11.5 Å². The summed E-state index contributed by atoms with van der Waals surface area (Å²) in [6.07, 6.45) is -0.714. The first-order valence-corrected chi connectivity index (χ1v) is 16.6. The van der Waals surface area contributed by atoms with E-state index in [4.69, 9.17) is 4.74 Å². The number of imide groups is 1. The predicted molar refractivity (Wildman–Crippen MR) is 167 cm³/mol. The van der Waals surface area contributed by atoms with Gasteiger partial charge in [-0.3, -0.25) is 24.2 Å². The molecule has 1 unspecified atom stereocenters. The summed E-state index contributed by atoms with van der Waals surface area (Å²) in [5.74, 6) is -1.34. The fourth-order valence-electron chi connectivity index (χ4n) is 5.56. The van der Waals surface area contributed by atoms with E-state index >= 15 is 0 Å². The van der Waals surface area contributed by atoms with Gasteiger partial charge in [-0.15, -0.1) is 22.0 Å². The second-order valence-electron chi connectivity index (χ2n) is 10.3. The smallest absolute Gasteiger partial charge is 0.356 e. The van der Waals surface area contributed by atoms with Crippen LogP contribution in [0.5, 0.6) is 0 Å². The molecule has 3 aliphatic heterocycles. The Morgan fingerprint density at radius 3 is 2.05 bits per heavy atom. The lowest BCUT2D eigenvalue weighted by atomic mass is 10.00. The van der Waals surface area contributed by atoms with Crippen LogP contribution in [0.4, 0.5) is 0 Å². The quantitative estimate of drug-likeness (QED) is 0.112. The summed E-state index contributed by atoms with van der Waals surface area (Å²) >= 11 is 4.31. The zero-order valence-corrected chi connectivity index (χ0v) is 25.7. The van der Waals surface area contributed by atoms with E-state index in [9.17, 15) is 19.2 Å². The average Bonchev–Trinajstić information content (AvgIpc) is 3.59. The summed E-state index contributed by atoms with van der Waals surface area (Å²) in [6, 6.07) is 24.4. The van der Waals surface area contributed by atoms with E-state index in [-0.39, 0.29) is 16.8 Å². The first-order chi connectivity index (χ1) is 21.4. The van der Waals surface area contributed by atoms with Gasteiger partial charge < -0.3 is 4.74 Å². The molecule has 3 amide bonds. The van der Waals surface area contributed by atoms with Crippen LogP contribution in [0.25, 0.3) is 0 Å². The van der Waals surface area contributed by atoms with Crippen LogP contribution < -0.4 is 0 Å². The third-order valence-electron chi connectivity index (χ3n) is 7.62. The molecule has 0 spiro atoms. The monoisotopic (exact) mass is 640 g/mol. The summed E-state index contributed by atoms with van der Waals surface area (Å²) in [7, 11) is 0. The maximum atomic E-state index is 14.2. The number of amides is 3. The molecule has 0 N–H and O–H groups in total. The van der Waals surface area contributed by atoms with E-state index in [1.165, 1.54) is 39.8 Å². The van der Waals surface area contributed by atoms with E-state index in [2.05, 4.69) is 10.2 Å². The third-order valence-corrected chi connectivity index (χ3v) is 11.0. The topological polar surface area (TPSA) is 110 Å². The van der Waals surface area contributed by atoms with Gasteiger partial charge in [0.05, 0.1) is 11.1 Å². The third kappa shape index (κ3) is 4.92. The van der Waals surface area contributed by atoms with Gasteiger partial charge in [-0.05, 0) is 35.8 Å². The highest BCUT2D eigenvalue weighted by Gasteiger charge is 2.60. The Morgan fingerprint density at radius 1 is 0.886 bits per heavy atom. The Hall–Kier alpha value is -4.26. The minimum absolute atomic E-state index is 0.150. The number of ether oxygens (including phenoxy) is 1. The van der Waals surface area contributed by atoms with Crippen LogP contribution in [-0.4, -0.2) is 66.6 Å². The lowest BCUT2D eigenvalue weighted by molar-refractivity contribution is -0.155. The van der Waals surface area contributed by atoms with Crippen LogP contribution in [0.15, 0.2) is 101 Å². The van der Waals surface area contributed by atoms with Crippen molar-refractivity contribution >= 4 is 58.6 Å². The highest BCUT2D eigenvalue weighted by Crippen LogP contribution is 2.46. The second-order valence-corrected chi connectivity index (χ2v) is 13.8. The molecule has 1 fully saturated rings. The van der Waals surface area contributed by atoms with Gasteiger partial charge in [0.25, 0.3) is 17.7 Å². The standard InChI is InChI=1S/C32H24N4O5S3/c1-18-33-34-32(44-18)43-17-21-16-42-30-25(35-27(37)22-14-8-9-15-23(22)28(35)38)29(39)36(30)24(21)31(40)41-26(19-10-4-2-5-11-19)20-12-6-3-7-13-20/h2-15,25-26,30H,16-17H2,1H3/t25?,30-/m0/s1. The summed E-state index contributed by atoms with van der Waals surface area (Å²) in [5, 5.41) is 8.48. The minimum atomic E-state index is -1.02. The van der Waals surface area contributed by atoms with Crippen LogP contribution in [0.2, 0.25) is 0 Å². The van der Waals surface area contributed by atoms with Crippen molar-refractivity contribution in [2.75, 3.05) is 11.5 Å². The summed E-state index contributed by atoms with van der Waals surface area (Å²) in [4.78, 5) is 57.1. The van der Waals surface area contributed by atoms with Crippen molar-refractivity contribution in [3.63, 3.8) is 0 Å². The molecular weight excluding hydrogens is 617 g/mol. The van der Waals surface area contributed by atoms with Gasteiger partial charge in [-0.2, -0.15) is 0 Å². The summed E-state index contributed by atoms with van der Waals surface area (Å²) in [6.45, 7) is 1.87. The number of fused-ring (bicyclic) bond motifs is 2. The van der Waals surface area contributed by atoms with Crippen molar-refractivity contribution < 1.29 is 23.9 Å². The highest BCUT2D eigenvalue weighted by molar-refractivity contribution is 8.01. The lowest BCUT2D eigenvalue weighted by Crippen LogP contribution is -2.71. The molecule has 220 valence electrons. The predicted octanol–water partition coefficient (Wildman–Crippen LogP) is 5.11. The Kier molecular flexibility index (Phi) is 7.57. The molecule has 12 heteroatoms. The number of rotatable bonds is 8. The zero-order valence-electron chi connectivity index (χ0n) is 23.3. The maximum Gasteiger partial charge on any atom is 0.356 e. The first kappa shape index (κ1) is 28.5. The Morgan fingerprint density at radius 2 is 1.48 bits per heavy atom. The fourth-order valence-corrected chi connectivity index (χ4v) is 8.90. The molecule has 0 saturated carbocycles. The highest BCUT2D eigenvalue weighted by atomic mass is 32.2. The van der Waals surface area contributed by atoms with Crippen molar-refractivity contribution in [1.82, 2.24) is 20.0 Å². The molecule has 1 aromatic heterocycles. The van der Waals surface area contributed by atoms with Gasteiger partial charge in [0.1, 0.15) is 22.1 Å². The van der Waals surface area contributed by atoms with E-state index < -0.39 is 41.2 Å². The van der Waals surface area contributed by atoms with Crippen LogP contribution in [0, 0.1) is 6.92 Å². The van der Waals surface area contributed by atoms with E-state index in [1.54, 1.807) is 24.3 Å². The number of benzene rings is 3. The number of β-lactam (4-membered cyclic amide) rings is 1. The van der Waals surface area contributed by atoms with Gasteiger partial charge in [-0.25, -0.2) is 4.79 Å². The summed E-state index contributed by atoms with van der Waals surface area (Å²) < 4.78 is 6.97. The molecule has 4 heterocycles. The number of hydrogen-bond donors (Lipinski definition) is 0. The maximum absolute atomic E-state index is 14.2. The van der Waals surface area contributed by atoms with Crippen molar-refractivity contribution in [2.24, 2.45) is 0 Å². The van der Waals surface area contributed by atoms with Gasteiger partial charge in [-0.1, -0.05) is 95.9 Å². The molecule has 0 radical (unpaired) electrons. The van der Waals surface area contributed by atoms with Crippen molar-refractivity contribution in [3.05, 3.63) is 123 Å². The van der Waals surface area contributed by atoms with Crippen LogP contribution >= 0.6 is 34.9 Å². The Labute approximate surface area is 265 Å². The van der Waals surface area contributed by atoms with E-state index in [0.29, 0.717) is 17.1 Å². The normalized spacial score (nSPS) is 19.3. The number of nitrogens with zero attached hydrogens (tertiary/aromatic N) is 4. The molecular formula is C32H24N4O5S3. The zero-order chi connectivity index (χ0) is 30.4. The number of carbonyl (C=O) groups excluding carboxylic acids is 4. The number of aromatic nitrogens is 2. The number of esters is 1. The average molecular weight is 641 g/mol. The number of hydrogen-bond acceptors (Lipinski definition) is 10. The SMILES string of the molecule is Cc1nnc(SCC2=C(C(=O)OC(c3ccccc3)c3ccccc3)N3C(=O)C(N4C(=O)c5ccccc5C4=O)[C@@H]3SC2)s1. The number of aryl methyl sites for hydroxylation is 1. The molecule has 7 rings (SSSR count). The Balaban J connectivity index is 1.22. The second kappa shape index (κ2) is 11.7. The van der Waals surface area contributed by atoms with E-state index in [0.717, 1.165) is 25.4 Å². The van der Waals surface area contributed by atoms with Crippen LogP contribution in [0.3, 0.4) is 0 Å². The fraction of sp³-hybridized carbons (Fsp3) is 0.188. The lowest BCUT2D eigenvalue weighted by Gasteiger charge is -2.51.